The molecule has 156 valence electrons. The van der Waals surface area contributed by atoms with E-state index in [0.29, 0.717) is 49.3 Å². The molecule has 0 unspecified atom stereocenters. The topological polar surface area (TPSA) is 71.7 Å². The van der Waals surface area contributed by atoms with E-state index in [9.17, 15) is 4.79 Å². The minimum Gasteiger partial charge on any atom is -0.493 e. The standard InChI is InChI=1S/C23H26N4O3/c1-3-29-20-11-7-6-10-19(20)23(28)27-14-12-26(13-15-27)16-21-24-22(25-30-21)18-9-5-4-8-17(18)2/h4-11H,3,12-16H2,1-2H3. The van der Waals surface area contributed by atoms with E-state index >= 15 is 0 Å². The summed E-state index contributed by atoms with van der Waals surface area (Å²) in [5.74, 6) is 1.86. The number of aromatic nitrogens is 2. The van der Waals surface area contributed by atoms with Crippen molar-refractivity contribution in [3.05, 3.63) is 65.5 Å². The lowest BCUT2D eigenvalue weighted by atomic mass is 10.1. The third kappa shape index (κ3) is 4.36. The van der Waals surface area contributed by atoms with Crippen LogP contribution in [0.15, 0.2) is 53.1 Å². The van der Waals surface area contributed by atoms with Crippen LogP contribution >= 0.6 is 0 Å². The molecular weight excluding hydrogens is 380 g/mol. The largest absolute Gasteiger partial charge is 0.493 e. The number of carbonyl (C=O) groups excluding carboxylic acids is 1. The Labute approximate surface area is 176 Å². The van der Waals surface area contributed by atoms with Crippen LogP contribution in [0.25, 0.3) is 11.4 Å². The zero-order valence-corrected chi connectivity index (χ0v) is 17.4. The van der Waals surface area contributed by atoms with Gasteiger partial charge < -0.3 is 14.2 Å². The quantitative estimate of drug-likeness (QED) is 0.625. The lowest BCUT2D eigenvalue weighted by Crippen LogP contribution is -2.48. The zero-order chi connectivity index (χ0) is 20.9. The van der Waals surface area contributed by atoms with E-state index in [1.807, 2.05) is 67.3 Å². The van der Waals surface area contributed by atoms with Gasteiger partial charge in [0.1, 0.15) is 5.75 Å². The molecule has 0 aliphatic carbocycles. The highest BCUT2D eigenvalue weighted by molar-refractivity contribution is 5.97. The van der Waals surface area contributed by atoms with Gasteiger partial charge in [0.2, 0.25) is 11.7 Å². The van der Waals surface area contributed by atoms with Crippen molar-refractivity contribution in [3.63, 3.8) is 0 Å². The molecule has 1 amide bonds. The van der Waals surface area contributed by atoms with Crippen LogP contribution in [0.5, 0.6) is 5.75 Å². The van der Waals surface area contributed by atoms with Crippen LogP contribution < -0.4 is 4.74 Å². The van der Waals surface area contributed by atoms with Crippen molar-refractivity contribution in [1.29, 1.82) is 0 Å². The molecule has 7 heteroatoms. The Morgan fingerprint density at radius 2 is 1.80 bits per heavy atom. The van der Waals surface area contributed by atoms with E-state index < -0.39 is 0 Å². The number of nitrogens with zero attached hydrogens (tertiary/aromatic N) is 4. The molecule has 1 aliphatic rings. The first-order valence-electron chi connectivity index (χ1n) is 10.3. The highest BCUT2D eigenvalue weighted by Crippen LogP contribution is 2.22. The molecule has 3 aromatic rings. The molecule has 0 saturated carbocycles. The van der Waals surface area contributed by atoms with Crippen molar-refractivity contribution in [2.75, 3.05) is 32.8 Å². The molecule has 0 N–H and O–H groups in total. The summed E-state index contributed by atoms with van der Waals surface area (Å²) >= 11 is 0. The molecule has 1 saturated heterocycles. The second-order valence-electron chi connectivity index (χ2n) is 7.32. The fraction of sp³-hybridized carbons (Fsp3) is 0.348. The highest BCUT2D eigenvalue weighted by atomic mass is 16.5. The van der Waals surface area contributed by atoms with Gasteiger partial charge in [-0.2, -0.15) is 4.98 Å². The number of piperazine rings is 1. The molecule has 0 spiro atoms. The van der Waals surface area contributed by atoms with Crippen LogP contribution in [0.3, 0.4) is 0 Å². The van der Waals surface area contributed by atoms with Crippen LogP contribution in [-0.4, -0.2) is 58.6 Å². The van der Waals surface area contributed by atoms with Gasteiger partial charge in [-0.15, -0.1) is 0 Å². The van der Waals surface area contributed by atoms with Gasteiger partial charge in [0, 0.05) is 31.7 Å². The number of aryl methyl sites for hydroxylation is 1. The number of rotatable bonds is 6. The first-order valence-corrected chi connectivity index (χ1v) is 10.3. The minimum absolute atomic E-state index is 0.0123. The van der Waals surface area contributed by atoms with E-state index in [1.165, 1.54) is 0 Å². The van der Waals surface area contributed by atoms with Gasteiger partial charge in [-0.3, -0.25) is 9.69 Å². The van der Waals surface area contributed by atoms with Crippen LogP contribution in [0.1, 0.15) is 28.7 Å². The van der Waals surface area contributed by atoms with Crippen molar-refractivity contribution < 1.29 is 14.1 Å². The normalized spacial score (nSPS) is 14.7. The lowest BCUT2D eigenvalue weighted by Gasteiger charge is -2.34. The van der Waals surface area contributed by atoms with E-state index in [2.05, 4.69) is 15.0 Å². The van der Waals surface area contributed by atoms with Crippen molar-refractivity contribution in [2.24, 2.45) is 0 Å². The molecular formula is C23H26N4O3. The van der Waals surface area contributed by atoms with Gasteiger partial charge in [0.05, 0.1) is 18.7 Å². The monoisotopic (exact) mass is 406 g/mol. The second kappa shape index (κ2) is 9.09. The maximum atomic E-state index is 12.9. The molecule has 1 fully saturated rings. The number of para-hydroxylation sites is 1. The van der Waals surface area contributed by atoms with Gasteiger partial charge in [-0.1, -0.05) is 41.6 Å². The fourth-order valence-electron chi connectivity index (χ4n) is 3.65. The van der Waals surface area contributed by atoms with Crippen molar-refractivity contribution >= 4 is 5.91 Å². The predicted octanol–water partition coefficient (Wildman–Crippen LogP) is 3.40. The molecule has 2 heterocycles. The average molecular weight is 406 g/mol. The van der Waals surface area contributed by atoms with Crippen LogP contribution in [-0.2, 0) is 6.54 Å². The summed E-state index contributed by atoms with van der Waals surface area (Å²) in [6.45, 7) is 7.88. The van der Waals surface area contributed by atoms with Crippen LogP contribution in [0.2, 0.25) is 0 Å². The second-order valence-corrected chi connectivity index (χ2v) is 7.32. The Morgan fingerprint density at radius 1 is 1.07 bits per heavy atom. The van der Waals surface area contributed by atoms with Gasteiger partial charge >= 0.3 is 0 Å². The lowest BCUT2D eigenvalue weighted by molar-refractivity contribution is 0.0611. The summed E-state index contributed by atoms with van der Waals surface area (Å²) < 4.78 is 11.1. The maximum absolute atomic E-state index is 12.9. The third-order valence-electron chi connectivity index (χ3n) is 5.29. The maximum Gasteiger partial charge on any atom is 0.257 e. The van der Waals surface area contributed by atoms with Crippen molar-refractivity contribution in [3.8, 4) is 17.1 Å². The van der Waals surface area contributed by atoms with Crippen molar-refractivity contribution in [1.82, 2.24) is 19.9 Å². The first-order chi connectivity index (χ1) is 14.7. The summed E-state index contributed by atoms with van der Waals surface area (Å²) in [6, 6.07) is 15.4. The van der Waals surface area contributed by atoms with E-state index in [-0.39, 0.29) is 5.91 Å². The van der Waals surface area contributed by atoms with Crippen LogP contribution in [0.4, 0.5) is 0 Å². The zero-order valence-electron chi connectivity index (χ0n) is 17.4. The Balaban J connectivity index is 1.35. The smallest absolute Gasteiger partial charge is 0.257 e. The molecule has 0 bridgehead atoms. The molecule has 0 atom stereocenters. The Kier molecular flexibility index (Phi) is 6.09. The van der Waals surface area contributed by atoms with Crippen LogP contribution in [0, 0.1) is 6.92 Å². The van der Waals surface area contributed by atoms with Gasteiger partial charge in [-0.05, 0) is 31.5 Å². The number of carbonyl (C=O) groups is 1. The van der Waals surface area contributed by atoms with Gasteiger partial charge in [0.25, 0.3) is 5.91 Å². The first kappa shape index (κ1) is 20.1. The molecule has 7 nitrogen and oxygen atoms in total. The Hall–Kier alpha value is -3.19. The molecule has 30 heavy (non-hydrogen) atoms. The highest BCUT2D eigenvalue weighted by Gasteiger charge is 2.25. The Bertz CT molecular complexity index is 1010. The molecule has 1 aliphatic heterocycles. The summed E-state index contributed by atoms with van der Waals surface area (Å²) in [6.07, 6.45) is 0. The number of benzene rings is 2. The van der Waals surface area contributed by atoms with E-state index in [1.54, 1.807) is 0 Å². The predicted molar refractivity (Wildman–Crippen MR) is 113 cm³/mol. The Morgan fingerprint density at radius 3 is 2.57 bits per heavy atom. The third-order valence-corrected chi connectivity index (χ3v) is 5.29. The summed E-state index contributed by atoms with van der Waals surface area (Å²) in [5.41, 5.74) is 2.72. The average Bonchev–Trinajstić information content (AvgIpc) is 3.23. The molecule has 1 aromatic heterocycles. The summed E-state index contributed by atoms with van der Waals surface area (Å²) in [4.78, 5) is 21.6. The number of hydrogen-bond donors (Lipinski definition) is 0. The van der Waals surface area contributed by atoms with Gasteiger partial charge in [0.15, 0.2) is 0 Å². The van der Waals surface area contributed by atoms with E-state index in [0.717, 1.165) is 24.2 Å². The van der Waals surface area contributed by atoms with Crippen molar-refractivity contribution in [2.45, 2.75) is 20.4 Å². The SMILES string of the molecule is CCOc1ccccc1C(=O)N1CCN(Cc2nc(-c3ccccc3C)no2)CC1. The minimum atomic E-state index is 0.0123. The number of amides is 1. The fourth-order valence-corrected chi connectivity index (χ4v) is 3.65. The molecule has 4 rings (SSSR count). The van der Waals surface area contributed by atoms with Gasteiger partial charge in [-0.25, -0.2) is 0 Å². The molecule has 2 aromatic carbocycles. The number of hydrogen-bond acceptors (Lipinski definition) is 6. The molecule has 0 radical (unpaired) electrons. The number of ether oxygens (including phenoxy) is 1. The summed E-state index contributed by atoms with van der Waals surface area (Å²) in [5, 5.41) is 4.13. The van der Waals surface area contributed by atoms with E-state index in [4.69, 9.17) is 9.26 Å². The summed E-state index contributed by atoms with van der Waals surface area (Å²) in [7, 11) is 0.